The number of hydrogen-bond acceptors (Lipinski definition) is 4. The van der Waals surface area contributed by atoms with Crippen LogP contribution in [0.2, 0.25) is 0 Å². The van der Waals surface area contributed by atoms with Crippen molar-refractivity contribution in [1.29, 1.82) is 0 Å². The van der Waals surface area contributed by atoms with Crippen LogP contribution in [0.1, 0.15) is 0 Å². The third-order valence-corrected chi connectivity index (χ3v) is 2.61. The van der Waals surface area contributed by atoms with E-state index in [-0.39, 0.29) is 0 Å². The average Bonchev–Trinajstić information content (AvgIpc) is 2.82. The monoisotopic (exact) mass is 226 g/mol. The van der Waals surface area contributed by atoms with E-state index >= 15 is 0 Å². The predicted octanol–water partition coefficient (Wildman–Crippen LogP) is 2.03. The lowest BCUT2D eigenvalue weighted by Crippen LogP contribution is -1.88. The SMILES string of the molecule is COc1ccccc1-c1[nH]nc2ncncc12. The Labute approximate surface area is 97.5 Å². The number of ether oxygens (including phenoxy) is 1. The fraction of sp³-hybridized carbons (Fsp3) is 0.0833. The smallest absolute Gasteiger partial charge is 0.184 e. The number of hydrogen-bond donors (Lipinski definition) is 1. The molecule has 0 atom stereocenters. The third-order valence-electron chi connectivity index (χ3n) is 2.61. The van der Waals surface area contributed by atoms with Gasteiger partial charge in [-0.2, -0.15) is 5.10 Å². The Morgan fingerprint density at radius 3 is 3.00 bits per heavy atom. The molecule has 1 N–H and O–H groups in total. The van der Waals surface area contributed by atoms with Crippen molar-refractivity contribution < 1.29 is 4.74 Å². The molecule has 3 rings (SSSR count). The summed E-state index contributed by atoms with van der Waals surface area (Å²) in [6.07, 6.45) is 3.22. The number of aromatic nitrogens is 4. The number of nitrogens with one attached hydrogen (secondary N) is 1. The van der Waals surface area contributed by atoms with Crippen molar-refractivity contribution in [1.82, 2.24) is 20.2 Å². The minimum Gasteiger partial charge on any atom is -0.496 e. The van der Waals surface area contributed by atoms with Gasteiger partial charge in [-0.25, -0.2) is 9.97 Å². The van der Waals surface area contributed by atoms with E-state index in [9.17, 15) is 0 Å². The molecule has 0 aliphatic rings. The van der Waals surface area contributed by atoms with Crippen LogP contribution in [-0.2, 0) is 0 Å². The predicted molar refractivity (Wildman–Crippen MR) is 63.7 cm³/mol. The quantitative estimate of drug-likeness (QED) is 0.726. The molecule has 5 heteroatoms. The van der Waals surface area contributed by atoms with Crippen LogP contribution in [0.4, 0.5) is 0 Å². The third kappa shape index (κ3) is 1.52. The van der Waals surface area contributed by atoms with Gasteiger partial charge in [0.2, 0.25) is 0 Å². The molecule has 0 saturated carbocycles. The Balaban J connectivity index is 2.27. The van der Waals surface area contributed by atoms with Gasteiger partial charge in [-0.05, 0) is 12.1 Å². The van der Waals surface area contributed by atoms with Crippen molar-refractivity contribution in [2.45, 2.75) is 0 Å². The molecule has 1 aromatic carbocycles. The van der Waals surface area contributed by atoms with Crippen LogP contribution in [0, 0.1) is 0 Å². The highest BCUT2D eigenvalue weighted by atomic mass is 16.5. The summed E-state index contributed by atoms with van der Waals surface area (Å²) >= 11 is 0. The van der Waals surface area contributed by atoms with Crippen molar-refractivity contribution in [2.24, 2.45) is 0 Å². The highest BCUT2D eigenvalue weighted by Crippen LogP contribution is 2.31. The second-order valence-corrected chi connectivity index (χ2v) is 3.56. The molecule has 0 spiro atoms. The number of rotatable bonds is 2. The zero-order valence-electron chi connectivity index (χ0n) is 9.21. The van der Waals surface area contributed by atoms with E-state index < -0.39 is 0 Å². The zero-order chi connectivity index (χ0) is 11.7. The molecule has 0 aliphatic carbocycles. The van der Waals surface area contributed by atoms with E-state index in [0.29, 0.717) is 5.65 Å². The summed E-state index contributed by atoms with van der Waals surface area (Å²) in [5.74, 6) is 0.793. The molecule has 0 unspecified atom stereocenters. The maximum Gasteiger partial charge on any atom is 0.184 e. The van der Waals surface area contributed by atoms with Crippen molar-refractivity contribution in [3.05, 3.63) is 36.8 Å². The fourth-order valence-corrected chi connectivity index (χ4v) is 1.81. The van der Waals surface area contributed by atoms with E-state index in [1.54, 1.807) is 13.3 Å². The first kappa shape index (κ1) is 9.77. The summed E-state index contributed by atoms with van der Waals surface area (Å²) in [6, 6.07) is 7.76. The molecule has 5 nitrogen and oxygen atoms in total. The molecule has 0 aliphatic heterocycles. The molecule has 84 valence electrons. The highest BCUT2D eigenvalue weighted by Gasteiger charge is 2.11. The van der Waals surface area contributed by atoms with Crippen LogP contribution in [0.5, 0.6) is 5.75 Å². The number of fused-ring (bicyclic) bond motifs is 1. The highest BCUT2D eigenvalue weighted by molar-refractivity contribution is 5.91. The van der Waals surface area contributed by atoms with Crippen molar-refractivity contribution >= 4 is 11.0 Å². The molecule has 17 heavy (non-hydrogen) atoms. The number of methoxy groups -OCH3 is 1. The van der Waals surface area contributed by atoms with Crippen LogP contribution < -0.4 is 4.74 Å². The topological polar surface area (TPSA) is 63.7 Å². The van der Waals surface area contributed by atoms with Gasteiger partial charge in [0.05, 0.1) is 18.2 Å². The fourth-order valence-electron chi connectivity index (χ4n) is 1.81. The molecule has 0 fully saturated rings. The van der Waals surface area contributed by atoms with E-state index in [1.165, 1.54) is 6.33 Å². The average molecular weight is 226 g/mol. The van der Waals surface area contributed by atoms with Gasteiger partial charge in [0.15, 0.2) is 5.65 Å². The molecule has 2 heterocycles. The molecule has 3 aromatic rings. The molecular formula is C12H10N4O. The summed E-state index contributed by atoms with van der Waals surface area (Å²) in [7, 11) is 1.65. The lowest BCUT2D eigenvalue weighted by atomic mass is 10.1. The van der Waals surface area contributed by atoms with Gasteiger partial charge < -0.3 is 4.74 Å². The lowest BCUT2D eigenvalue weighted by Gasteiger charge is -2.05. The lowest BCUT2D eigenvalue weighted by molar-refractivity contribution is 0.416. The molecule has 0 saturated heterocycles. The Kier molecular flexibility index (Phi) is 2.22. The number of nitrogens with zero attached hydrogens (tertiary/aromatic N) is 3. The van der Waals surface area contributed by atoms with Crippen LogP contribution in [-0.4, -0.2) is 27.3 Å². The van der Waals surface area contributed by atoms with Gasteiger partial charge in [0, 0.05) is 11.8 Å². The number of aromatic amines is 1. The summed E-state index contributed by atoms with van der Waals surface area (Å²) < 4.78 is 5.33. The largest absolute Gasteiger partial charge is 0.496 e. The Morgan fingerprint density at radius 2 is 2.12 bits per heavy atom. The first-order valence-corrected chi connectivity index (χ1v) is 5.17. The molecule has 0 radical (unpaired) electrons. The van der Waals surface area contributed by atoms with Crippen molar-refractivity contribution in [3.63, 3.8) is 0 Å². The zero-order valence-corrected chi connectivity index (χ0v) is 9.21. The second-order valence-electron chi connectivity index (χ2n) is 3.56. The van der Waals surface area contributed by atoms with E-state index in [0.717, 1.165) is 22.4 Å². The standard InChI is InChI=1S/C12H10N4O/c1-17-10-5-3-2-4-8(10)11-9-6-13-7-14-12(9)16-15-11/h2-7H,1H3,(H,13,14,15,16). The minimum absolute atomic E-state index is 0.654. The van der Waals surface area contributed by atoms with E-state index in [1.807, 2.05) is 24.3 Å². The van der Waals surface area contributed by atoms with Crippen LogP contribution in [0.15, 0.2) is 36.8 Å². The van der Waals surface area contributed by atoms with Gasteiger partial charge in [-0.3, -0.25) is 5.10 Å². The number of H-pyrrole nitrogens is 1. The molecular weight excluding hydrogens is 216 g/mol. The van der Waals surface area contributed by atoms with Gasteiger partial charge in [0.25, 0.3) is 0 Å². The minimum atomic E-state index is 0.654. The normalized spacial score (nSPS) is 10.6. The van der Waals surface area contributed by atoms with Crippen LogP contribution in [0.3, 0.4) is 0 Å². The molecule has 2 aromatic heterocycles. The maximum absolute atomic E-state index is 5.33. The molecule has 0 amide bonds. The Hall–Kier alpha value is -2.43. The summed E-state index contributed by atoms with van der Waals surface area (Å²) in [5.41, 5.74) is 2.48. The van der Waals surface area contributed by atoms with Gasteiger partial charge in [-0.15, -0.1) is 0 Å². The first-order chi connectivity index (χ1) is 8.40. The van der Waals surface area contributed by atoms with E-state index in [2.05, 4.69) is 20.2 Å². The van der Waals surface area contributed by atoms with Crippen molar-refractivity contribution in [3.8, 4) is 17.0 Å². The van der Waals surface area contributed by atoms with Gasteiger partial charge in [0.1, 0.15) is 12.1 Å². The Bertz CT molecular complexity index is 662. The van der Waals surface area contributed by atoms with Crippen LogP contribution >= 0.6 is 0 Å². The number of benzene rings is 1. The molecule has 0 bridgehead atoms. The van der Waals surface area contributed by atoms with Crippen molar-refractivity contribution in [2.75, 3.05) is 7.11 Å². The Morgan fingerprint density at radius 1 is 1.24 bits per heavy atom. The second kappa shape index (κ2) is 3.86. The van der Waals surface area contributed by atoms with E-state index in [4.69, 9.17) is 4.74 Å². The van der Waals surface area contributed by atoms with Gasteiger partial charge >= 0.3 is 0 Å². The summed E-state index contributed by atoms with van der Waals surface area (Å²) in [4.78, 5) is 8.10. The number of para-hydroxylation sites is 1. The van der Waals surface area contributed by atoms with Gasteiger partial charge in [-0.1, -0.05) is 12.1 Å². The summed E-state index contributed by atoms with van der Waals surface area (Å²) in [6.45, 7) is 0. The summed E-state index contributed by atoms with van der Waals surface area (Å²) in [5, 5.41) is 8.00. The van der Waals surface area contributed by atoms with Crippen LogP contribution in [0.25, 0.3) is 22.3 Å². The first-order valence-electron chi connectivity index (χ1n) is 5.17. The maximum atomic E-state index is 5.33.